The Morgan fingerprint density at radius 1 is 1.28 bits per heavy atom. The molecule has 2 aliphatic rings. The Labute approximate surface area is 108 Å². The molecule has 2 rings (SSSR count). The fourth-order valence-corrected chi connectivity index (χ4v) is 4.06. The zero-order chi connectivity index (χ0) is 13.2. The maximum atomic E-state index is 11.9. The van der Waals surface area contributed by atoms with E-state index in [0.29, 0.717) is 6.42 Å². The Bertz CT molecular complexity index is 402. The van der Waals surface area contributed by atoms with E-state index in [1.54, 1.807) is 0 Å². The van der Waals surface area contributed by atoms with Gasteiger partial charge in [-0.3, -0.25) is 4.79 Å². The molecule has 0 saturated carbocycles. The van der Waals surface area contributed by atoms with Crippen molar-refractivity contribution in [2.75, 3.05) is 51.3 Å². The van der Waals surface area contributed by atoms with Crippen molar-refractivity contribution in [3.05, 3.63) is 0 Å². The van der Waals surface area contributed by atoms with E-state index < -0.39 is 9.84 Å². The second kappa shape index (κ2) is 5.54. The molecule has 2 aliphatic heterocycles. The zero-order valence-electron chi connectivity index (χ0n) is 10.8. The fraction of sp³-hybridized carbons (Fsp3) is 0.909. The summed E-state index contributed by atoms with van der Waals surface area (Å²) in [5, 5.41) is 3.06. The minimum absolute atomic E-state index is 0.0496. The largest absolute Gasteiger partial charge is 0.339 e. The summed E-state index contributed by atoms with van der Waals surface area (Å²) in [6.07, 6.45) is 0.623. The molecule has 0 bridgehead atoms. The predicted octanol–water partition coefficient (Wildman–Crippen LogP) is -1.46. The molecule has 1 unspecified atom stereocenters. The Morgan fingerprint density at radius 3 is 2.50 bits per heavy atom. The maximum absolute atomic E-state index is 11.9. The molecule has 0 aromatic heterocycles. The van der Waals surface area contributed by atoms with Crippen molar-refractivity contribution in [1.29, 1.82) is 0 Å². The van der Waals surface area contributed by atoms with E-state index in [-0.39, 0.29) is 30.0 Å². The molecule has 2 fully saturated rings. The number of piperazine rings is 1. The van der Waals surface area contributed by atoms with Gasteiger partial charge < -0.3 is 15.1 Å². The summed E-state index contributed by atoms with van der Waals surface area (Å²) in [4.78, 5) is 16.0. The lowest BCUT2D eigenvalue weighted by molar-refractivity contribution is -0.131. The molecule has 1 atom stereocenters. The zero-order valence-corrected chi connectivity index (χ0v) is 11.6. The lowest BCUT2D eigenvalue weighted by Crippen LogP contribution is -2.50. The molecule has 2 heterocycles. The summed E-state index contributed by atoms with van der Waals surface area (Å²) >= 11 is 0. The summed E-state index contributed by atoms with van der Waals surface area (Å²) < 4.78 is 22.6. The van der Waals surface area contributed by atoms with Crippen molar-refractivity contribution in [3.8, 4) is 0 Å². The van der Waals surface area contributed by atoms with E-state index in [2.05, 4.69) is 10.2 Å². The average molecular weight is 275 g/mol. The van der Waals surface area contributed by atoms with Crippen molar-refractivity contribution >= 4 is 15.7 Å². The molecule has 7 heteroatoms. The van der Waals surface area contributed by atoms with Crippen LogP contribution in [0.25, 0.3) is 0 Å². The van der Waals surface area contributed by atoms with Gasteiger partial charge >= 0.3 is 0 Å². The molecule has 18 heavy (non-hydrogen) atoms. The van der Waals surface area contributed by atoms with Gasteiger partial charge in [0.2, 0.25) is 5.91 Å². The number of nitrogens with one attached hydrogen (secondary N) is 1. The first kappa shape index (κ1) is 13.8. The van der Waals surface area contributed by atoms with Gasteiger partial charge in [-0.05, 0) is 13.5 Å². The third-order valence-corrected chi connectivity index (χ3v) is 5.40. The van der Waals surface area contributed by atoms with Gasteiger partial charge in [0, 0.05) is 32.2 Å². The maximum Gasteiger partial charge on any atom is 0.236 e. The van der Waals surface area contributed by atoms with Crippen LogP contribution in [0, 0.1) is 0 Å². The van der Waals surface area contributed by atoms with E-state index in [9.17, 15) is 13.2 Å². The quantitative estimate of drug-likeness (QED) is 0.681. The molecular weight excluding hydrogens is 254 g/mol. The number of sulfone groups is 1. The van der Waals surface area contributed by atoms with E-state index >= 15 is 0 Å². The van der Waals surface area contributed by atoms with Gasteiger partial charge in [0.05, 0.1) is 18.1 Å². The lowest BCUT2D eigenvalue weighted by atomic mass is 10.2. The monoisotopic (exact) mass is 275 g/mol. The number of carbonyl (C=O) groups is 1. The molecule has 6 nitrogen and oxygen atoms in total. The van der Waals surface area contributed by atoms with Crippen LogP contribution in [0.4, 0.5) is 0 Å². The molecule has 1 amide bonds. The van der Waals surface area contributed by atoms with Crippen LogP contribution < -0.4 is 5.32 Å². The summed E-state index contributed by atoms with van der Waals surface area (Å²) in [5.74, 6) is 0.489. The van der Waals surface area contributed by atoms with Crippen LogP contribution in [-0.4, -0.2) is 81.4 Å². The number of nitrogens with zero attached hydrogens (tertiary/aromatic N) is 2. The van der Waals surface area contributed by atoms with Crippen LogP contribution >= 0.6 is 0 Å². The van der Waals surface area contributed by atoms with Gasteiger partial charge in [0.25, 0.3) is 0 Å². The SMILES string of the molecule is CN1CCN(C(=O)CNC2CCS(=O)(=O)C2)CC1. The molecule has 0 aliphatic carbocycles. The van der Waals surface area contributed by atoms with Crippen LogP contribution in [0.15, 0.2) is 0 Å². The second-order valence-electron chi connectivity index (χ2n) is 5.16. The Kier molecular flexibility index (Phi) is 4.24. The molecule has 104 valence electrons. The number of rotatable bonds is 3. The van der Waals surface area contributed by atoms with Crippen molar-refractivity contribution in [2.24, 2.45) is 0 Å². The summed E-state index contributed by atoms with van der Waals surface area (Å²) in [6.45, 7) is 3.59. The van der Waals surface area contributed by atoms with Crippen LogP contribution in [0.1, 0.15) is 6.42 Å². The predicted molar refractivity (Wildman–Crippen MR) is 69.1 cm³/mol. The second-order valence-corrected chi connectivity index (χ2v) is 7.39. The smallest absolute Gasteiger partial charge is 0.236 e. The number of carbonyl (C=O) groups excluding carboxylic acids is 1. The van der Waals surface area contributed by atoms with E-state index in [1.165, 1.54) is 0 Å². The van der Waals surface area contributed by atoms with Crippen molar-refractivity contribution in [3.63, 3.8) is 0 Å². The van der Waals surface area contributed by atoms with E-state index in [1.807, 2.05) is 11.9 Å². The Morgan fingerprint density at radius 2 is 1.94 bits per heavy atom. The summed E-state index contributed by atoms with van der Waals surface area (Å²) in [5.41, 5.74) is 0. The lowest BCUT2D eigenvalue weighted by Gasteiger charge is -2.32. The number of amides is 1. The minimum Gasteiger partial charge on any atom is -0.339 e. The van der Waals surface area contributed by atoms with Crippen molar-refractivity contribution < 1.29 is 13.2 Å². The minimum atomic E-state index is -2.87. The highest BCUT2D eigenvalue weighted by Gasteiger charge is 2.28. The standard InChI is InChI=1S/C11H21N3O3S/c1-13-3-5-14(6-4-13)11(15)8-12-10-2-7-18(16,17)9-10/h10,12H,2-9H2,1H3. The Balaban J connectivity index is 1.72. The van der Waals surface area contributed by atoms with Gasteiger partial charge in [-0.1, -0.05) is 0 Å². The third-order valence-electron chi connectivity index (χ3n) is 3.63. The van der Waals surface area contributed by atoms with Gasteiger partial charge in [0.15, 0.2) is 9.84 Å². The number of likely N-dealkylation sites (N-methyl/N-ethyl adjacent to an activating group) is 1. The molecule has 0 aromatic rings. The van der Waals surface area contributed by atoms with Crippen LogP contribution in [0.2, 0.25) is 0 Å². The van der Waals surface area contributed by atoms with Gasteiger partial charge in [-0.15, -0.1) is 0 Å². The molecule has 0 spiro atoms. The highest BCUT2D eigenvalue weighted by molar-refractivity contribution is 7.91. The number of hydrogen-bond donors (Lipinski definition) is 1. The van der Waals surface area contributed by atoms with Gasteiger partial charge in [-0.2, -0.15) is 0 Å². The fourth-order valence-electron chi connectivity index (χ4n) is 2.36. The van der Waals surface area contributed by atoms with E-state index in [4.69, 9.17) is 0 Å². The van der Waals surface area contributed by atoms with Gasteiger partial charge in [-0.25, -0.2) is 8.42 Å². The molecule has 0 radical (unpaired) electrons. The first-order valence-electron chi connectivity index (χ1n) is 6.36. The molecule has 0 aromatic carbocycles. The van der Waals surface area contributed by atoms with Crippen molar-refractivity contribution in [2.45, 2.75) is 12.5 Å². The number of hydrogen-bond acceptors (Lipinski definition) is 5. The topological polar surface area (TPSA) is 69.7 Å². The first-order valence-corrected chi connectivity index (χ1v) is 8.18. The molecular formula is C11H21N3O3S. The molecule has 1 N–H and O–H groups in total. The summed E-state index contributed by atoms with van der Waals surface area (Å²) in [7, 11) is -0.824. The summed E-state index contributed by atoms with van der Waals surface area (Å²) in [6, 6.07) is -0.0496. The third kappa shape index (κ3) is 3.66. The highest BCUT2D eigenvalue weighted by Crippen LogP contribution is 2.11. The van der Waals surface area contributed by atoms with Crippen LogP contribution in [0.3, 0.4) is 0 Å². The first-order chi connectivity index (χ1) is 8.46. The van der Waals surface area contributed by atoms with Gasteiger partial charge in [0.1, 0.15) is 0 Å². The van der Waals surface area contributed by atoms with Crippen molar-refractivity contribution in [1.82, 2.24) is 15.1 Å². The highest BCUT2D eigenvalue weighted by atomic mass is 32.2. The Hall–Kier alpha value is -0.660. The molecule has 2 saturated heterocycles. The van der Waals surface area contributed by atoms with E-state index in [0.717, 1.165) is 26.2 Å². The van der Waals surface area contributed by atoms with Crippen LogP contribution in [-0.2, 0) is 14.6 Å². The normalized spacial score (nSPS) is 28.5. The van der Waals surface area contributed by atoms with Crippen LogP contribution in [0.5, 0.6) is 0 Å². The average Bonchev–Trinajstić information content (AvgIpc) is 2.67.